The maximum atomic E-state index is 12.3. The average molecular weight is 366 g/mol. The molecule has 1 N–H and O–H groups in total. The lowest BCUT2D eigenvalue weighted by molar-refractivity contribution is 0.0950. The Morgan fingerprint density at radius 3 is 2.12 bits per heavy atom. The van der Waals surface area contributed by atoms with Crippen molar-refractivity contribution >= 4 is 17.5 Å². The Bertz CT molecular complexity index is 763. The SMILES string of the molecule is COc1ccc(C(=O)NCc2ccc(OC)c(OC)c2OC)cc1Cl. The molecular formula is C18H20ClNO5. The van der Waals surface area contributed by atoms with E-state index in [1.165, 1.54) is 21.3 Å². The van der Waals surface area contributed by atoms with E-state index in [-0.39, 0.29) is 12.5 Å². The van der Waals surface area contributed by atoms with Crippen LogP contribution in [0, 0.1) is 0 Å². The quantitative estimate of drug-likeness (QED) is 0.815. The normalized spacial score (nSPS) is 10.1. The number of methoxy groups -OCH3 is 4. The number of amides is 1. The minimum Gasteiger partial charge on any atom is -0.495 e. The van der Waals surface area contributed by atoms with E-state index in [9.17, 15) is 4.79 Å². The molecule has 1 amide bonds. The summed E-state index contributed by atoms with van der Waals surface area (Å²) in [6, 6.07) is 8.41. The first-order chi connectivity index (χ1) is 12.0. The van der Waals surface area contributed by atoms with Gasteiger partial charge in [0, 0.05) is 17.7 Å². The Kier molecular flexibility index (Phi) is 6.36. The summed E-state index contributed by atoms with van der Waals surface area (Å²) < 4.78 is 21.1. The van der Waals surface area contributed by atoms with Crippen LogP contribution in [0.4, 0.5) is 0 Å². The summed E-state index contributed by atoms with van der Waals surface area (Å²) >= 11 is 6.06. The number of carbonyl (C=O) groups is 1. The summed E-state index contributed by atoms with van der Waals surface area (Å²) in [5, 5.41) is 3.20. The van der Waals surface area contributed by atoms with Crippen molar-refractivity contribution in [2.45, 2.75) is 6.54 Å². The fraction of sp³-hybridized carbons (Fsp3) is 0.278. The number of nitrogens with one attached hydrogen (secondary N) is 1. The minimum atomic E-state index is -0.263. The van der Waals surface area contributed by atoms with Gasteiger partial charge < -0.3 is 24.3 Å². The summed E-state index contributed by atoms with van der Waals surface area (Å²) in [6.45, 7) is 0.256. The van der Waals surface area contributed by atoms with Crippen LogP contribution in [-0.2, 0) is 6.54 Å². The maximum Gasteiger partial charge on any atom is 0.251 e. The first-order valence-corrected chi connectivity index (χ1v) is 7.83. The predicted molar refractivity (Wildman–Crippen MR) is 95.3 cm³/mol. The Hall–Kier alpha value is -2.60. The van der Waals surface area contributed by atoms with Crippen molar-refractivity contribution in [3.8, 4) is 23.0 Å². The van der Waals surface area contributed by atoms with E-state index in [0.29, 0.717) is 33.6 Å². The van der Waals surface area contributed by atoms with Crippen LogP contribution < -0.4 is 24.3 Å². The molecule has 2 aromatic carbocycles. The Morgan fingerprint density at radius 1 is 0.920 bits per heavy atom. The molecule has 0 saturated carbocycles. The van der Waals surface area contributed by atoms with Crippen molar-refractivity contribution in [1.82, 2.24) is 5.32 Å². The standard InChI is InChI=1S/C18H20ClNO5/c1-22-14-7-5-11(9-13(14)19)18(21)20-10-12-6-8-15(23-2)17(25-4)16(12)24-3/h5-9H,10H2,1-4H3,(H,20,21). The molecule has 0 aliphatic rings. The summed E-state index contributed by atoms with van der Waals surface area (Å²) in [7, 11) is 6.13. The van der Waals surface area contributed by atoms with Gasteiger partial charge in [-0.15, -0.1) is 0 Å². The van der Waals surface area contributed by atoms with Gasteiger partial charge in [0.2, 0.25) is 5.75 Å². The van der Waals surface area contributed by atoms with Crippen molar-refractivity contribution in [1.29, 1.82) is 0 Å². The van der Waals surface area contributed by atoms with E-state index in [4.69, 9.17) is 30.5 Å². The van der Waals surface area contributed by atoms with Gasteiger partial charge in [0.25, 0.3) is 5.91 Å². The fourth-order valence-electron chi connectivity index (χ4n) is 2.39. The lowest BCUT2D eigenvalue weighted by Crippen LogP contribution is -2.23. The molecule has 0 spiro atoms. The molecule has 0 bridgehead atoms. The van der Waals surface area contributed by atoms with Gasteiger partial charge in [-0.2, -0.15) is 0 Å². The van der Waals surface area contributed by atoms with Crippen LogP contribution in [-0.4, -0.2) is 34.3 Å². The van der Waals surface area contributed by atoms with Gasteiger partial charge in [0.1, 0.15) is 5.75 Å². The molecule has 0 heterocycles. The van der Waals surface area contributed by atoms with Crippen molar-refractivity contribution in [2.75, 3.05) is 28.4 Å². The van der Waals surface area contributed by atoms with Crippen LogP contribution in [0.15, 0.2) is 30.3 Å². The molecular weight excluding hydrogens is 346 g/mol. The zero-order valence-corrected chi connectivity index (χ0v) is 15.3. The molecule has 0 aliphatic carbocycles. The molecule has 0 atom stereocenters. The summed E-state index contributed by atoms with van der Waals surface area (Å²) in [5.41, 5.74) is 1.19. The largest absolute Gasteiger partial charge is 0.495 e. The highest BCUT2D eigenvalue weighted by Gasteiger charge is 2.17. The van der Waals surface area contributed by atoms with Gasteiger partial charge in [-0.1, -0.05) is 11.6 Å². The van der Waals surface area contributed by atoms with E-state index in [0.717, 1.165) is 5.56 Å². The fourth-order valence-corrected chi connectivity index (χ4v) is 2.65. The monoisotopic (exact) mass is 365 g/mol. The molecule has 25 heavy (non-hydrogen) atoms. The van der Waals surface area contributed by atoms with Crippen LogP contribution in [0.5, 0.6) is 23.0 Å². The molecule has 0 fully saturated rings. The molecule has 2 rings (SSSR count). The average Bonchev–Trinajstić information content (AvgIpc) is 2.64. The van der Waals surface area contributed by atoms with Crippen LogP contribution in [0.2, 0.25) is 5.02 Å². The topological polar surface area (TPSA) is 66.0 Å². The molecule has 6 nitrogen and oxygen atoms in total. The molecule has 0 aliphatic heterocycles. The maximum absolute atomic E-state index is 12.3. The Labute approximate surface area is 151 Å². The van der Waals surface area contributed by atoms with E-state index in [1.807, 2.05) is 6.07 Å². The number of carbonyl (C=O) groups excluding carboxylic acids is 1. The highest BCUT2D eigenvalue weighted by molar-refractivity contribution is 6.32. The third kappa shape index (κ3) is 4.09. The van der Waals surface area contributed by atoms with Gasteiger partial charge in [-0.25, -0.2) is 0 Å². The molecule has 134 valence electrons. The van der Waals surface area contributed by atoms with Crippen molar-refractivity contribution < 1.29 is 23.7 Å². The lowest BCUT2D eigenvalue weighted by Gasteiger charge is -2.16. The second-order valence-electron chi connectivity index (χ2n) is 5.03. The number of ether oxygens (including phenoxy) is 4. The van der Waals surface area contributed by atoms with Gasteiger partial charge in [0.05, 0.1) is 33.5 Å². The van der Waals surface area contributed by atoms with E-state index in [1.54, 1.807) is 31.4 Å². The molecule has 0 saturated heterocycles. The second kappa shape index (κ2) is 8.48. The van der Waals surface area contributed by atoms with Gasteiger partial charge in [-0.05, 0) is 30.3 Å². The highest BCUT2D eigenvalue weighted by Crippen LogP contribution is 2.39. The summed E-state index contributed by atoms with van der Waals surface area (Å²) in [5.74, 6) is 1.79. The van der Waals surface area contributed by atoms with E-state index >= 15 is 0 Å². The number of hydrogen-bond donors (Lipinski definition) is 1. The first kappa shape index (κ1) is 18.7. The van der Waals surface area contributed by atoms with E-state index in [2.05, 4.69) is 5.32 Å². The minimum absolute atomic E-state index is 0.256. The lowest BCUT2D eigenvalue weighted by atomic mass is 10.1. The van der Waals surface area contributed by atoms with Crippen molar-refractivity contribution in [2.24, 2.45) is 0 Å². The van der Waals surface area contributed by atoms with Crippen LogP contribution in [0.1, 0.15) is 15.9 Å². The van der Waals surface area contributed by atoms with Gasteiger partial charge >= 0.3 is 0 Å². The van der Waals surface area contributed by atoms with Crippen molar-refractivity contribution in [3.05, 3.63) is 46.5 Å². The van der Waals surface area contributed by atoms with Crippen LogP contribution in [0.3, 0.4) is 0 Å². The first-order valence-electron chi connectivity index (χ1n) is 7.45. The van der Waals surface area contributed by atoms with Gasteiger partial charge in [-0.3, -0.25) is 4.79 Å². The zero-order chi connectivity index (χ0) is 18.4. The Balaban J connectivity index is 2.18. The number of hydrogen-bond acceptors (Lipinski definition) is 5. The zero-order valence-electron chi connectivity index (χ0n) is 14.5. The van der Waals surface area contributed by atoms with Crippen LogP contribution >= 0.6 is 11.6 Å². The molecule has 2 aromatic rings. The summed E-state index contributed by atoms with van der Waals surface area (Å²) in [4.78, 5) is 12.3. The Morgan fingerprint density at radius 2 is 1.56 bits per heavy atom. The molecule has 0 radical (unpaired) electrons. The molecule has 7 heteroatoms. The molecule has 0 aromatic heterocycles. The number of rotatable bonds is 7. The summed E-state index contributed by atoms with van der Waals surface area (Å²) in [6.07, 6.45) is 0. The van der Waals surface area contributed by atoms with Gasteiger partial charge in [0.15, 0.2) is 11.5 Å². The second-order valence-corrected chi connectivity index (χ2v) is 5.43. The number of benzene rings is 2. The number of halogens is 1. The smallest absolute Gasteiger partial charge is 0.251 e. The predicted octanol–water partition coefficient (Wildman–Crippen LogP) is 3.30. The third-order valence-electron chi connectivity index (χ3n) is 3.64. The van der Waals surface area contributed by atoms with Crippen LogP contribution in [0.25, 0.3) is 0 Å². The van der Waals surface area contributed by atoms with E-state index < -0.39 is 0 Å². The molecule has 0 unspecified atom stereocenters. The van der Waals surface area contributed by atoms with Crippen molar-refractivity contribution in [3.63, 3.8) is 0 Å². The highest BCUT2D eigenvalue weighted by atomic mass is 35.5. The third-order valence-corrected chi connectivity index (χ3v) is 3.93.